The third kappa shape index (κ3) is 7.47. The molecule has 1 saturated heterocycles. The van der Waals surface area contributed by atoms with Crippen LogP contribution >= 0.6 is 35.0 Å². The second-order valence-corrected chi connectivity index (χ2v) is 11.6. The van der Waals surface area contributed by atoms with Gasteiger partial charge in [-0.05, 0) is 49.6 Å². The molecule has 1 fully saturated rings. The Bertz CT molecular complexity index is 1280. The third-order valence-electron chi connectivity index (χ3n) is 6.64. The van der Waals surface area contributed by atoms with Crippen LogP contribution in [-0.2, 0) is 11.3 Å². The van der Waals surface area contributed by atoms with Crippen molar-refractivity contribution >= 4 is 52.5 Å². The minimum atomic E-state index is -0.368. The highest BCUT2D eigenvalue weighted by Crippen LogP contribution is 2.27. The van der Waals surface area contributed by atoms with Gasteiger partial charge in [-0.2, -0.15) is 0 Å². The Balaban J connectivity index is 1.40. The number of carbonyl (C=O) groups excluding carboxylic acids is 2. The molecule has 0 bridgehead atoms. The van der Waals surface area contributed by atoms with Gasteiger partial charge < -0.3 is 19.7 Å². The predicted octanol–water partition coefficient (Wildman–Crippen LogP) is 5.56. The summed E-state index contributed by atoms with van der Waals surface area (Å²) in [5.74, 6) is 1.03. The lowest BCUT2D eigenvalue weighted by Crippen LogP contribution is -2.49. The molecule has 1 N–H and O–H groups in total. The Morgan fingerprint density at radius 2 is 1.74 bits per heavy atom. The number of rotatable bonds is 10. The summed E-state index contributed by atoms with van der Waals surface area (Å²) in [6.07, 6.45) is 0.671. The molecule has 208 valence electrons. The number of piperazine rings is 1. The summed E-state index contributed by atoms with van der Waals surface area (Å²) in [4.78, 5) is 30.3. The van der Waals surface area contributed by atoms with E-state index in [1.807, 2.05) is 34.6 Å². The number of carbonyl (C=O) groups is 2. The van der Waals surface area contributed by atoms with E-state index in [0.717, 1.165) is 13.1 Å². The van der Waals surface area contributed by atoms with Crippen molar-refractivity contribution in [2.75, 3.05) is 36.8 Å². The van der Waals surface area contributed by atoms with E-state index in [1.54, 1.807) is 18.2 Å². The average molecular weight is 590 g/mol. The van der Waals surface area contributed by atoms with Crippen LogP contribution < -0.4 is 10.2 Å². The van der Waals surface area contributed by atoms with Crippen LogP contribution in [0.5, 0.6) is 0 Å². The van der Waals surface area contributed by atoms with Crippen molar-refractivity contribution in [3.8, 4) is 0 Å². The van der Waals surface area contributed by atoms with Crippen molar-refractivity contribution in [3.63, 3.8) is 0 Å². The number of anilines is 1. The molecule has 2 heterocycles. The number of thioether (sulfide) groups is 1. The summed E-state index contributed by atoms with van der Waals surface area (Å²) >= 11 is 13.7. The molecule has 1 aromatic heterocycles. The fraction of sp³-hybridized carbons (Fsp3) is 0.429. The van der Waals surface area contributed by atoms with Crippen molar-refractivity contribution < 1.29 is 9.59 Å². The Hall–Kier alpha value is -2.75. The van der Waals surface area contributed by atoms with Gasteiger partial charge in [-0.25, -0.2) is 0 Å². The maximum absolute atomic E-state index is 13.1. The van der Waals surface area contributed by atoms with Crippen molar-refractivity contribution in [1.29, 1.82) is 0 Å². The predicted molar refractivity (Wildman–Crippen MR) is 158 cm³/mol. The number of nitrogens with zero attached hydrogens (tertiary/aromatic N) is 5. The first-order valence-electron chi connectivity index (χ1n) is 13.2. The zero-order chi connectivity index (χ0) is 27.9. The number of hydrogen-bond donors (Lipinski definition) is 1. The topological polar surface area (TPSA) is 83.4 Å². The first-order valence-corrected chi connectivity index (χ1v) is 14.9. The van der Waals surface area contributed by atoms with Crippen molar-refractivity contribution in [1.82, 2.24) is 25.0 Å². The van der Waals surface area contributed by atoms with E-state index in [1.165, 1.54) is 17.4 Å². The van der Waals surface area contributed by atoms with E-state index in [2.05, 4.69) is 46.4 Å². The fourth-order valence-electron chi connectivity index (χ4n) is 4.64. The van der Waals surface area contributed by atoms with E-state index >= 15 is 0 Å². The van der Waals surface area contributed by atoms with Gasteiger partial charge in [-0.3, -0.25) is 9.59 Å². The molecule has 0 saturated carbocycles. The van der Waals surface area contributed by atoms with Gasteiger partial charge in [-0.15, -0.1) is 10.2 Å². The molecular formula is C28H34Cl2N6O2S. The molecule has 0 radical (unpaired) electrons. The number of nitrogens with one attached hydrogen (secondary N) is 1. The minimum Gasteiger partial charge on any atom is -0.368 e. The number of aromatic nitrogens is 3. The molecule has 0 spiro atoms. The number of amides is 2. The van der Waals surface area contributed by atoms with Gasteiger partial charge in [0.15, 0.2) is 11.0 Å². The molecule has 1 atom stereocenters. The van der Waals surface area contributed by atoms with E-state index in [-0.39, 0.29) is 23.6 Å². The third-order valence-corrected chi connectivity index (χ3v) is 8.14. The molecule has 3 aromatic rings. The Morgan fingerprint density at radius 3 is 2.38 bits per heavy atom. The SMILES string of the molecule is CCn1c(SCC(=O)N2CCN(c3ccccc3)CC2)nnc1[C@H](CC(C)C)NC(=O)c1ccc(Cl)cc1Cl. The maximum atomic E-state index is 13.1. The molecule has 2 aromatic carbocycles. The highest BCUT2D eigenvalue weighted by Gasteiger charge is 2.26. The van der Waals surface area contributed by atoms with Crippen molar-refractivity contribution in [2.45, 2.75) is 44.9 Å². The quantitative estimate of drug-likeness (QED) is 0.312. The van der Waals surface area contributed by atoms with Crippen LogP contribution in [0.3, 0.4) is 0 Å². The monoisotopic (exact) mass is 588 g/mol. The van der Waals surface area contributed by atoms with E-state index in [4.69, 9.17) is 23.2 Å². The van der Waals surface area contributed by atoms with E-state index in [0.29, 0.717) is 58.6 Å². The fourth-order valence-corrected chi connectivity index (χ4v) is 6.05. The van der Waals surface area contributed by atoms with E-state index in [9.17, 15) is 9.59 Å². The van der Waals surface area contributed by atoms with Gasteiger partial charge in [0.2, 0.25) is 5.91 Å². The first kappa shape index (κ1) is 29.2. The van der Waals surface area contributed by atoms with Gasteiger partial charge >= 0.3 is 0 Å². The lowest BCUT2D eigenvalue weighted by molar-refractivity contribution is -0.128. The molecule has 11 heteroatoms. The van der Waals surface area contributed by atoms with Gasteiger partial charge in [0.1, 0.15) is 0 Å². The Morgan fingerprint density at radius 1 is 1.03 bits per heavy atom. The molecule has 1 aliphatic heterocycles. The molecule has 0 unspecified atom stereocenters. The lowest BCUT2D eigenvalue weighted by atomic mass is 10.0. The minimum absolute atomic E-state index is 0.0873. The normalized spacial score (nSPS) is 14.5. The molecule has 1 aliphatic rings. The van der Waals surface area contributed by atoms with Crippen LogP contribution in [0.1, 0.15) is 49.4 Å². The summed E-state index contributed by atoms with van der Waals surface area (Å²) < 4.78 is 1.97. The van der Waals surface area contributed by atoms with Gasteiger partial charge in [0, 0.05) is 43.4 Å². The summed E-state index contributed by atoms with van der Waals surface area (Å²) in [6, 6.07) is 14.7. The number of halogens is 2. The van der Waals surface area contributed by atoms with E-state index < -0.39 is 0 Å². The smallest absolute Gasteiger partial charge is 0.253 e. The van der Waals surface area contributed by atoms with Crippen LogP contribution in [0.2, 0.25) is 10.0 Å². The summed E-state index contributed by atoms with van der Waals surface area (Å²) in [5.41, 5.74) is 1.54. The van der Waals surface area contributed by atoms with Crippen LogP contribution in [0, 0.1) is 5.92 Å². The second-order valence-electron chi connectivity index (χ2n) is 9.86. The zero-order valence-electron chi connectivity index (χ0n) is 22.4. The highest BCUT2D eigenvalue weighted by atomic mass is 35.5. The van der Waals surface area contributed by atoms with Crippen molar-refractivity contribution in [2.24, 2.45) is 5.92 Å². The second kappa shape index (κ2) is 13.5. The summed E-state index contributed by atoms with van der Waals surface area (Å²) in [5, 5.41) is 13.4. The zero-order valence-corrected chi connectivity index (χ0v) is 24.8. The highest BCUT2D eigenvalue weighted by molar-refractivity contribution is 7.99. The van der Waals surface area contributed by atoms with Crippen LogP contribution in [0.4, 0.5) is 5.69 Å². The summed E-state index contributed by atoms with van der Waals surface area (Å²) in [7, 11) is 0. The van der Waals surface area contributed by atoms with Gasteiger partial charge in [-0.1, -0.05) is 67.0 Å². The molecule has 4 rings (SSSR count). The molecular weight excluding hydrogens is 555 g/mol. The largest absolute Gasteiger partial charge is 0.368 e. The molecule has 39 heavy (non-hydrogen) atoms. The lowest BCUT2D eigenvalue weighted by Gasteiger charge is -2.36. The number of para-hydroxylation sites is 1. The number of benzene rings is 2. The molecule has 2 amide bonds. The molecule has 8 nitrogen and oxygen atoms in total. The number of hydrogen-bond acceptors (Lipinski definition) is 6. The Kier molecular flexibility index (Phi) is 10.2. The van der Waals surface area contributed by atoms with Gasteiger partial charge in [0.05, 0.1) is 22.4 Å². The Labute approximate surface area is 244 Å². The van der Waals surface area contributed by atoms with Crippen molar-refractivity contribution in [3.05, 3.63) is 70.0 Å². The van der Waals surface area contributed by atoms with Gasteiger partial charge in [0.25, 0.3) is 5.91 Å². The van der Waals surface area contributed by atoms with Crippen LogP contribution in [-0.4, -0.2) is 63.4 Å². The summed E-state index contributed by atoms with van der Waals surface area (Å²) in [6.45, 7) is 9.80. The standard InChI is InChI=1S/C28H34Cl2N6O2S/c1-4-36-26(24(16-19(2)3)31-27(38)22-11-10-20(29)17-23(22)30)32-33-28(36)39-18-25(37)35-14-12-34(13-15-35)21-8-6-5-7-9-21/h5-11,17,19,24H,4,12-16,18H2,1-3H3,(H,31,38)/t24-/m0/s1. The average Bonchev–Trinajstić information content (AvgIpc) is 3.34. The van der Waals surface area contributed by atoms with Crippen LogP contribution in [0.15, 0.2) is 53.7 Å². The maximum Gasteiger partial charge on any atom is 0.253 e. The van der Waals surface area contributed by atoms with Crippen LogP contribution in [0.25, 0.3) is 0 Å². The molecule has 0 aliphatic carbocycles. The first-order chi connectivity index (χ1) is 18.8.